The first kappa shape index (κ1) is 28.7. The van der Waals surface area contributed by atoms with Crippen molar-refractivity contribution in [2.45, 2.75) is 13.8 Å². The van der Waals surface area contributed by atoms with Crippen molar-refractivity contribution in [2.24, 2.45) is 20.5 Å². The van der Waals surface area contributed by atoms with E-state index in [0.29, 0.717) is 0 Å². The predicted molar refractivity (Wildman–Crippen MR) is 186 cm³/mol. The summed E-state index contributed by atoms with van der Waals surface area (Å²) in [5, 5.41) is 23.1. The first-order chi connectivity index (χ1) is 21.3. The molecule has 0 atom stereocenters. The van der Waals surface area contributed by atoms with Gasteiger partial charge in [-0.3, -0.25) is 0 Å². The molecular formula is C38H36N6. The van der Waals surface area contributed by atoms with E-state index in [4.69, 9.17) is 10.2 Å². The molecule has 44 heavy (non-hydrogen) atoms. The number of hydrogen-bond acceptors (Lipinski definition) is 6. The highest BCUT2D eigenvalue weighted by atomic mass is 15.1. The Kier molecular flexibility index (Phi) is 7.90. The zero-order valence-corrected chi connectivity index (χ0v) is 26.1. The molecule has 0 amide bonds. The molecule has 6 rings (SSSR count). The minimum absolute atomic E-state index is 0.822. The molecule has 0 spiro atoms. The number of azo groups is 2. The van der Waals surface area contributed by atoms with Gasteiger partial charge in [0.25, 0.3) is 0 Å². The zero-order valence-electron chi connectivity index (χ0n) is 26.1. The average molecular weight is 577 g/mol. The Balaban J connectivity index is 1.41. The van der Waals surface area contributed by atoms with Crippen LogP contribution in [-0.4, -0.2) is 28.2 Å². The summed E-state index contributed by atoms with van der Waals surface area (Å²) in [6, 6.07) is 37.7. The Labute approximate surface area is 259 Å². The van der Waals surface area contributed by atoms with Crippen LogP contribution >= 0.6 is 0 Å². The summed E-state index contributed by atoms with van der Waals surface area (Å²) in [5.74, 6) is 0. The van der Waals surface area contributed by atoms with Crippen LogP contribution in [0.4, 0.5) is 34.1 Å². The molecule has 0 saturated heterocycles. The van der Waals surface area contributed by atoms with Crippen LogP contribution in [0.2, 0.25) is 0 Å². The van der Waals surface area contributed by atoms with Gasteiger partial charge in [-0.05, 0) is 108 Å². The number of aryl methyl sites for hydroxylation is 2. The van der Waals surface area contributed by atoms with Crippen molar-refractivity contribution in [3.63, 3.8) is 0 Å². The van der Waals surface area contributed by atoms with E-state index in [0.717, 1.165) is 77.9 Å². The second kappa shape index (κ2) is 12.1. The van der Waals surface area contributed by atoms with E-state index in [2.05, 4.69) is 119 Å². The highest BCUT2D eigenvalue weighted by Gasteiger charge is 2.13. The van der Waals surface area contributed by atoms with Crippen LogP contribution in [0.3, 0.4) is 0 Å². The Morgan fingerprint density at radius 1 is 0.455 bits per heavy atom. The normalized spacial score (nSPS) is 11.7. The highest BCUT2D eigenvalue weighted by molar-refractivity contribution is 6.06. The Morgan fingerprint density at radius 2 is 0.977 bits per heavy atom. The SMILES string of the molecule is Cc1ccc2ccc(-c3cc(C)c(N=Nc4ccc(N(C)C)cc4)c4ccccc34)cc2c1N=Nc1ccc(N(C)C)cc1. The van der Waals surface area contributed by atoms with Crippen molar-refractivity contribution in [3.8, 4) is 11.1 Å². The standard InChI is InChI=1S/C38H36N6/c1-25-11-12-27-13-14-28(24-36(27)37(25)41-39-29-15-19-31(20-16-29)43(3)4)35-23-26(2)38(34-10-8-7-9-33(34)35)42-40-30-17-21-32(22-18-30)44(5)6/h7-24H,1-6H3. The Bertz CT molecular complexity index is 2020. The minimum Gasteiger partial charge on any atom is -0.378 e. The summed E-state index contributed by atoms with van der Waals surface area (Å²) >= 11 is 0. The van der Waals surface area contributed by atoms with Gasteiger partial charge < -0.3 is 9.80 Å². The lowest BCUT2D eigenvalue weighted by atomic mass is 9.92. The van der Waals surface area contributed by atoms with Gasteiger partial charge in [-0.25, -0.2) is 0 Å². The van der Waals surface area contributed by atoms with Crippen LogP contribution in [-0.2, 0) is 0 Å². The zero-order chi connectivity index (χ0) is 30.8. The quantitative estimate of drug-likeness (QED) is 0.177. The lowest BCUT2D eigenvalue weighted by Crippen LogP contribution is -2.07. The van der Waals surface area contributed by atoms with Gasteiger partial charge in [0.2, 0.25) is 0 Å². The van der Waals surface area contributed by atoms with Crippen LogP contribution in [0.5, 0.6) is 0 Å². The van der Waals surface area contributed by atoms with Gasteiger partial charge in [-0.2, -0.15) is 10.2 Å². The Morgan fingerprint density at radius 3 is 1.55 bits per heavy atom. The molecule has 0 aromatic heterocycles. The molecular weight excluding hydrogens is 540 g/mol. The highest BCUT2D eigenvalue weighted by Crippen LogP contribution is 2.41. The largest absolute Gasteiger partial charge is 0.378 e. The van der Waals surface area contributed by atoms with E-state index in [9.17, 15) is 0 Å². The fraction of sp³-hybridized carbons (Fsp3) is 0.158. The molecule has 0 aliphatic heterocycles. The maximum Gasteiger partial charge on any atom is 0.0964 e. The summed E-state index contributed by atoms with van der Waals surface area (Å²) in [5.41, 5.74) is 10.1. The number of rotatable bonds is 7. The van der Waals surface area contributed by atoms with Crippen LogP contribution in [0.15, 0.2) is 130 Å². The average Bonchev–Trinajstić information content (AvgIpc) is 3.03. The van der Waals surface area contributed by atoms with Crippen LogP contribution in [0, 0.1) is 13.8 Å². The topological polar surface area (TPSA) is 55.9 Å². The lowest BCUT2D eigenvalue weighted by Gasteiger charge is -2.14. The summed E-state index contributed by atoms with van der Waals surface area (Å²) in [7, 11) is 8.12. The van der Waals surface area contributed by atoms with Crippen LogP contribution < -0.4 is 9.80 Å². The van der Waals surface area contributed by atoms with Gasteiger partial charge in [-0.15, -0.1) is 10.2 Å². The number of hydrogen-bond donors (Lipinski definition) is 0. The third-order valence-electron chi connectivity index (χ3n) is 7.98. The van der Waals surface area contributed by atoms with Crippen molar-refractivity contribution in [3.05, 3.63) is 120 Å². The van der Waals surface area contributed by atoms with Gasteiger partial charge in [0.15, 0.2) is 0 Å². The van der Waals surface area contributed by atoms with Crippen molar-refractivity contribution in [1.82, 2.24) is 0 Å². The number of fused-ring (bicyclic) bond motifs is 2. The van der Waals surface area contributed by atoms with E-state index in [1.807, 2.05) is 52.5 Å². The molecule has 6 nitrogen and oxygen atoms in total. The maximum atomic E-state index is 4.76. The van der Waals surface area contributed by atoms with E-state index < -0.39 is 0 Å². The van der Waals surface area contributed by atoms with Crippen molar-refractivity contribution < 1.29 is 0 Å². The second-order valence-electron chi connectivity index (χ2n) is 11.5. The van der Waals surface area contributed by atoms with E-state index >= 15 is 0 Å². The number of benzene rings is 6. The molecule has 0 radical (unpaired) electrons. The molecule has 0 N–H and O–H groups in total. The minimum atomic E-state index is 0.822. The smallest absolute Gasteiger partial charge is 0.0964 e. The number of anilines is 2. The molecule has 6 aromatic rings. The fourth-order valence-electron chi connectivity index (χ4n) is 5.43. The third kappa shape index (κ3) is 5.79. The van der Waals surface area contributed by atoms with E-state index in [1.165, 1.54) is 0 Å². The monoisotopic (exact) mass is 576 g/mol. The third-order valence-corrected chi connectivity index (χ3v) is 7.98. The first-order valence-corrected chi connectivity index (χ1v) is 14.7. The molecule has 0 fully saturated rings. The molecule has 0 saturated carbocycles. The van der Waals surface area contributed by atoms with Crippen molar-refractivity contribution in [1.29, 1.82) is 0 Å². The number of nitrogens with zero attached hydrogens (tertiary/aromatic N) is 6. The first-order valence-electron chi connectivity index (χ1n) is 14.7. The van der Waals surface area contributed by atoms with Gasteiger partial charge >= 0.3 is 0 Å². The molecule has 218 valence electrons. The summed E-state index contributed by atoms with van der Waals surface area (Å²) < 4.78 is 0. The van der Waals surface area contributed by atoms with Crippen LogP contribution in [0.1, 0.15) is 11.1 Å². The molecule has 0 unspecified atom stereocenters. The molecule has 6 heteroatoms. The summed E-state index contributed by atoms with van der Waals surface area (Å²) in [4.78, 5) is 4.14. The van der Waals surface area contributed by atoms with E-state index in [-0.39, 0.29) is 0 Å². The lowest BCUT2D eigenvalue weighted by molar-refractivity contribution is 1.13. The second-order valence-corrected chi connectivity index (χ2v) is 11.5. The molecule has 0 bridgehead atoms. The van der Waals surface area contributed by atoms with Gasteiger partial charge in [0, 0.05) is 50.3 Å². The maximum absolute atomic E-state index is 4.76. The van der Waals surface area contributed by atoms with Crippen molar-refractivity contribution >= 4 is 55.7 Å². The van der Waals surface area contributed by atoms with Crippen LogP contribution in [0.25, 0.3) is 32.7 Å². The molecule has 0 heterocycles. The fourth-order valence-corrected chi connectivity index (χ4v) is 5.43. The van der Waals surface area contributed by atoms with E-state index in [1.54, 1.807) is 0 Å². The van der Waals surface area contributed by atoms with Gasteiger partial charge in [-0.1, -0.05) is 48.5 Å². The summed E-state index contributed by atoms with van der Waals surface area (Å²) in [6.07, 6.45) is 0. The van der Waals surface area contributed by atoms with Gasteiger partial charge in [0.05, 0.1) is 22.7 Å². The Hall–Kier alpha value is -5.36. The molecule has 0 aliphatic rings. The summed E-state index contributed by atoms with van der Waals surface area (Å²) in [6.45, 7) is 4.19. The van der Waals surface area contributed by atoms with Crippen molar-refractivity contribution in [2.75, 3.05) is 38.0 Å². The predicted octanol–water partition coefficient (Wildman–Crippen LogP) is 11.2. The molecule has 6 aromatic carbocycles. The van der Waals surface area contributed by atoms with Gasteiger partial charge in [0.1, 0.15) is 0 Å². The molecule has 0 aliphatic carbocycles.